The van der Waals surface area contributed by atoms with Crippen molar-refractivity contribution in [1.82, 2.24) is 10.6 Å². The molecule has 1 aliphatic rings. The van der Waals surface area contributed by atoms with E-state index in [1.165, 1.54) is 12.8 Å². The van der Waals surface area contributed by atoms with Gasteiger partial charge >= 0.3 is 0 Å². The number of carbonyl (C=O) groups is 1. The van der Waals surface area contributed by atoms with Gasteiger partial charge in [0.1, 0.15) is 0 Å². The van der Waals surface area contributed by atoms with Crippen LogP contribution in [0.25, 0.3) is 0 Å². The van der Waals surface area contributed by atoms with Gasteiger partial charge in [0.2, 0.25) is 0 Å². The molecule has 0 saturated carbocycles. The van der Waals surface area contributed by atoms with E-state index < -0.39 is 0 Å². The van der Waals surface area contributed by atoms with Crippen molar-refractivity contribution in [3.8, 4) is 0 Å². The second-order valence-electron chi connectivity index (χ2n) is 4.80. The number of aryl methyl sites for hydroxylation is 1. The maximum atomic E-state index is 11.9. The highest BCUT2D eigenvalue weighted by atomic mass is 35.5. The molecule has 2 rings (SSSR count). The molecule has 2 N–H and O–H groups in total. The van der Waals surface area contributed by atoms with Crippen LogP contribution in [-0.4, -0.2) is 25.0 Å². The molecule has 1 amide bonds. The second kappa shape index (κ2) is 6.21. The lowest BCUT2D eigenvalue weighted by molar-refractivity contribution is 0.0952. The van der Waals surface area contributed by atoms with Gasteiger partial charge in [0, 0.05) is 23.2 Å². The lowest BCUT2D eigenvalue weighted by Gasteiger charge is -2.11. The van der Waals surface area contributed by atoms with Gasteiger partial charge in [0.05, 0.1) is 0 Å². The van der Waals surface area contributed by atoms with E-state index in [0.29, 0.717) is 16.6 Å². The predicted octanol–water partition coefficient (Wildman–Crippen LogP) is 2.52. The van der Waals surface area contributed by atoms with Crippen molar-refractivity contribution in [3.05, 3.63) is 34.3 Å². The summed E-state index contributed by atoms with van der Waals surface area (Å²) in [5.74, 6) is -0.0206. The molecule has 1 saturated heterocycles. The summed E-state index contributed by atoms with van der Waals surface area (Å²) in [4.78, 5) is 11.9. The van der Waals surface area contributed by atoms with Gasteiger partial charge in [0.15, 0.2) is 0 Å². The number of carbonyl (C=O) groups excluding carboxylic acids is 1. The summed E-state index contributed by atoms with van der Waals surface area (Å²) >= 11 is 5.94. The first-order chi connectivity index (χ1) is 8.66. The van der Waals surface area contributed by atoms with Crippen LogP contribution >= 0.6 is 11.6 Å². The first-order valence-electron chi connectivity index (χ1n) is 6.44. The average molecular weight is 267 g/mol. The van der Waals surface area contributed by atoms with E-state index >= 15 is 0 Å². The highest BCUT2D eigenvalue weighted by molar-refractivity contribution is 6.31. The number of amides is 1. The number of nitrogens with one attached hydrogen (secondary N) is 2. The van der Waals surface area contributed by atoms with Crippen LogP contribution in [0.3, 0.4) is 0 Å². The van der Waals surface area contributed by atoms with Gasteiger partial charge in [-0.15, -0.1) is 0 Å². The fourth-order valence-electron chi connectivity index (χ4n) is 2.25. The SMILES string of the molecule is Cc1cc(C(=O)NCCC2CCCN2)ccc1Cl. The fraction of sp³-hybridized carbons (Fsp3) is 0.500. The van der Waals surface area contributed by atoms with E-state index in [1.807, 2.05) is 13.0 Å². The Labute approximate surface area is 113 Å². The highest BCUT2D eigenvalue weighted by Crippen LogP contribution is 2.16. The third-order valence-corrected chi connectivity index (χ3v) is 3.78. The van der Waals surface area contributed by atoms with Crippen molar-refractivity contribution in [1.29, 1.82) is 0 Å². The van der Waals surface area contributed by atoms with Crippen LogP contribution in [0, 0.1) is 6.92 Å². The van der Waals surface area contributed by atoms with Crippen LogP contribution in [-0.2, 0) is 0 Å². The summed E-state index contributed by atoms with van der Waals surface area (Å²) in [6, 6.07) is 5.92. The van der Waals surface area contributed by atoms with E-state index in [9.17, 15) is 4.79 Å². The predicted molar refractivity (Wildman–Crippen MR) is 74.2 cm³/mol. The van der Waals surface area contributed by atoms with Gasteiger partial charge in [-0.25, -0.2) is 0 Å². The number of benzene rings is 1. The Hall–Kier alpha value is -1.06. The maximum Gasteiger partial charge on any atom is 0.251 e. The molecule has 1 fully saturated rings. The fourth-order valence-corrected chi connectivity index (χ4v) is 2.37. The molecule has 4 heteroatoms. The van der Waals surface area contributed by atoms with Crippen LogP contribution in [0.4, 0.5) is 0 Å². The molecular weight excluding hydrogens is 248 g/mol. The van der Waals surface area contributed by atoms with Gasteiger partial charge in [-0.3, -0.25) is 4.79 Å². The molecule has 1 aromatic rings. The molecule has 3 nitrogen and oxygen atoms in total. The maximum absolute atomic E-state index is 11.9. The molecule has 0 spiro atoms. The minimum atomic E-state index is -0.0206. The summed E-state index contributed by atoms with van der Waals surface area (Å²) in [5.41, 5.74) is 1.61. The zero-order valence-corrected chi connectivity index (χ0v) is 11.4. The molecule has 1 heterocycles. The molecule has 0 bridgehead atoms. The van der Waals surface area contributed by atoms with E-state index in [1.54, 1.807) is 12.1 Å². The largest absolute Gasteiger partial charge is 0.352 e. The van der Waals surface area contributed by atoms with Crippen molar-refractivity contribution < 1.29 is 4.79 Å². The van der Waals surface area contributed by atoms with Crippen molar-refractivity contribution in [2.75, 3.05) is 13.1 Å². The molecule has 1 aliphatic heterocycles. The Kier molecular flexibility index (Phi) is 4.61. The molecule has 18 heavy (non-hydrogen) atoms. The summed E-state index contributed by atoms with van der Waals surface area (Å²) in [6.45, 7) is 3.73. The van der Waals surface area contributed by atoms with Crippen LogP contribution < -0.4 is 10.6 Å². The quantitative estimate of drug-likeness (QED) is 0.879. The second-order valence-corrected chi connectivity index (χ2v) is 5.21. The topological polar surface area (TPSA) is 41.1 Å². The number of rotatable bonds is 4. The first kappa shape index (κ1) is 13.4. The standard InChI is InChI=1S/C14H19ClN2O/c1-10-9-11(4-5-13(10)15)14(18)17-8-6-12-3-2-7-16-12/h4-5,9,12,16H,2-3,6-8H2,1H3,(H,17,18). The molecule has 0 radical (unpaired) electrons. The number of hydrogen-bond donors (Lipinski definition) is 2. The van der Waals surface area contributed by atoms with Gasteiger partial charge in [0.25, 0.3) is 5.91 Å². The zero-order chi connectivity index (χ0) is 13.0. The molecule has 1 atom stereocenters. The Balaban J connectivity index is 1.81. The Morgan fingerprint density at radius 2 is 2.39 bits per heavy atom. The monoisotopic (exact) mass is 266 g/mol. The summed E-state index contributed by atoms with van der Waals surface area (Å²) in [5, 5.41) is 7.06. The smallest absolute Gasteiger partial charge is 0.251 e. The third kappa shape index (κ3) is 3.47. The normalized spacial score (nSPS) is 18.9. The Morgan fingerprint density at radius 1 is 1.56 bits per heavy atom. The van der Waals surface area contributed by atoms with E-state index in [0.717, 1.165) is 25.1 Å². The van der Waals surface area contributed by atoms with Crippen LogP contribution in [0.15, 0.2) is 18.2 Å². The Bertz CT molecular complexity index is 428. The van der Waals surface area contributed by atoms with Crippen LogP contribution in [0.5, 0.6) is 0 Å². The van der Waals surface area contributed by atoms with Gasteiger partial charge in [-0.05, 0) is 56.5 Å². The summed E-state index contributed by atoms with van der Waals surface area (Å²) in [6.07, 6.45) is 3.46. The van der Waals surface area contributed by atoms with Crippen molar-refractivity contribution in [2.24, 2.45) is 0 Å². The van der Waals surface area contributed by atoms with Gasteiger partial charge < -0.3 is 10.6 Å². The van der Waals surface area contributed by atoms with Crippen LogP contribution in [0.1, 0.15) is 35.2 Å². The van der Waals surface area contributed by atoms with Crippen LogP contribution in [0.2, 0.25) is 5.02 Å². The molecule has 0 aliphatic carbocycles. The highest BCUT2D eigenvalue weighted by Gasteiger charge is 2.14. The number of halogens is 1. The average Bonchev–Trinajstić information content (AvgIpc) is 2.85. The minimum Gasteiger partial charge on any atom is -0.352 e. The van der Waals surface area contributed by atoms with Crippen molar-refractivity contribution in [3.63, 3.8) is 0 Å². The minimum absolute atomic E-state index is 0.0206. The third-order valence-electron chi connectivity index (χ3n) is 3.36. The van der Waals surface area contributed by atoms with Gasteiger partial charge in [-0.1, -0.05) is 11.6 Å². The lowest BCUT2D eigenvalue weighted by atomic mass is 10.1. The molecule has 1 unspecified atom stereocenters. The van der Waals surface area contributed by atoms with Gasteiger partial charge in [-0.2, -0.15) is 0 Å². The number of hydrogen-bond acceptors (Lipinski definition) is 2. The summed E-state index contributed by atoms with van der Waals surface area (Å²) in [7, 11) is 0. The van der Waals surface area contributed by atoms with Crippen molar-refractivity contribution in [2.45, 2.75) is 32.2 Å². The van der Waals surface area contributed by atoms with E-state index in [-0.39, 0.29) is 5.91 Å². The lowest BCUT2D eigenvalue weighted by Crippen LogP contribution is -2.30. The molecule has 98 valence electrons. The first-order valence-corrected chi connectivity index (χ1v) is 6.82. The molecule has 0 aromatic heterocycles. The molecular formula is C14H19ClN2O. The summed E-state index contributed by atoms with van der Waals surface area (Å²) < 4.78 is 0. The van der Waals surface area contributed by atoms with Crippen molar-refractivity contribution >= 4 is 17.5 Å². The zero-order valence-electron chi connectivity index (χ0n) is 10.6. The van der Waals surface area contributed by atoms with E-state index in [2.05, 4.69) is 10.6 Å². The Morgan fingerprint density at radius 3 is 3.06 bits per heavy atom. The van der Waals surface area contributed by atoms with E-state index in [4.69, 9.17) is 11.6 Å². The molecule has 1 aromatic carbocycles.